The van der Waals surface area contributed by atoms with E-state index >= 15 is 0 Å². The monoisotopic (exact) mass is 503 g/mol. The van der Waals surface area contributed by atoms with Gasteiger partial charge in [-0.2, -0.15) is 13.2 Å². The predicted octanol–water partition coefficient (Wildman–Crippen LogP) is 5.67. The normalized spacial score (nSPS) is 18.8. The molecule has 1 aliphatic heterocycles. The number of carbonyl (C=O) groups excluding carboxylic acids is 2. The van der Waals surface area contributed by atoms with Crippen molar-refractivity contribution in [1.82, 2.24) is 0 Å². The molecule has 0 unspecified atom stereocenters. The predicted molar refractivity (Wildman–Crippen MR) is 130 cm³/mol. The van der Waals surface area contributed by atoms with E-state index in [1.54, 1.807) is 12.1 Å². The molecule has 1 saturated heterocycles. The van der Waals surface area contributed by atoms with E-state index < -0.39 is 17.6 Å². The lowest BCUT2D eigenvalue weighted by molar-refractivity contribution is -0.344. The van der Waals surface area contributed by atoms with Crippen LogP contribution in [-0.4, -0.2) is 18.1 Å². The number of fused-ring (bicyclic) bond motifs is 1. The quantitative estimate of drug-likeness (QED) is 0.266. The van der Waals surface area contributed by atoms with Crippen LogP contribution >= 0.6 is 0 Å². The van der Waals surface area contributed by atoms with E-state index in [9.17, 15) is 18.0 Å². The zero-order valence-electron chi connectivity index (χ0n) is 19.5. The Morgan fingerprint density at radius 3 is 2.08 bits per heavy atom. The minimum Gasteiger partial charge on any atom is -0.542 e. The minimum absolute atomic E-state index is 0.0559. The molecule has 0 N–H and O–H groups in total. The van der Waals surface area contributed by atoms with Crippen LogP contribution < -0.4 is 10.0 Å². The molecular weight excluding hydrogens is 483 g/mol. The summed E-state index contributed by atoms with van der Waals surface area (Å²) in [4.78, 5) is 27.5. The second-order valence-corrected chi connectivity index (χ2v) is 8.62. The molecule has 1 aliphatic rings. The van der Waals surface area contributed by atoms with Crippen LogP contribution in [0.25, 0.3) is 15.7 Å². The lowest BCUT2D eigenvalue weighted by Gasteiger charge is -2.55. The first kappa shape index (κ1) is 25.4. The molecule has 1 heterocycles. The lowest BCUT2D eigenvalue weighted by atomic mass is 9.64. The number of carboxylic acid groups (broad SMARTS) is 1. The van der Waals surface area contributed by atoms with Crippen molar-refractivity contribution in [2.75, 3.05) is 4.90 Å². The first-order valence-corrected chi connectivity index (χ1v) is 11.2. The second-order valence-electron chi connectivity index (χ2n) is 8.62. The average molecular weight is 503 g/mol. The number of benzene rings is 4. The van der Waals surface area contributed by atoms with Crippen molar-refractivity contribution < 1.29 is 27.9 Å². The van der Waals surface area contributed by atoms with Gasteiger partial charge in [0, 0.05) is 17.8 Å². The summed E-state index contributed by atoms with van der Waals surface area (Å²) in [5, 5.41) is 20.1. The third kappa shape index (κ3) is 4.61. The summed E-state index contributed by atoms with van der Waals surface area (Å²) in [5.41, 5.74) is 2.66. The van der Waals surface area contributed by atoms with Crippen LogP contribution in [0.3, 0.4) is 0 Å². The van der Waals surface area contributed by atoms with Crippen molar-refractivity contribution in [3.63, 3.8) is 0 Å². The number of halogens is 3. The Kier molecular flexibility index (Phi) is 6.68. The number of carbonyl (C=O) groups is 2. The van der Waals surface area contributed by atoms with E-state index in [1.165, 1.54) is 0 Å². The Morgan fingerprint density at radius 2 is 1.49 bits per heavy atom. The minimum atomic E-state index is -5.19. The molecule has 37 heavy (non-hydrogen) atoms. The highest BCUT2D eigenvalue weighted by Crippen LogP contribution is 2.54. The summed E-state index contributed by atoms with van der Waals surface area (Å²) in [5.74, 6) is -2.95. The lowest BCUT2D eigenvalue weighted by Crippen LogP contribution is -2.65. The van der Waals surface area contributed by atoms with Crippen LogP contribution in [0, 0.1) is 5.39 Å². The van der Waals surface area contributed by atoms with Crippen LogP contribution in [-0.2, 0) is 15.0 Å². The molecule has 4 aromatic carbocycles. The fourth-order valence-electron chi connectivity index (χ4n) is 4.63. The zero-order valence-corrected chi connectivity index (χ0v) is 19.5. The first-order chi connectivity index (χ1) is 17.6. The Hall–Kier alpha value is -4.71. The van der Waals surface area contributed by atoms with Gasteiger partial charge in [-0.3, -0.25) is 4.79 Å². The topological polar surface area (TPSA) is 88.6 Å². The van der Waals surface area contributed by atoms with Crippen molar-refractivity contribution in [2.45, 2.75) is 24.6 Å². The maximum absolute atomic E-state index is 13.6. The number of β-lactam (4-membered cyclic amide) rings is 1. The Balaban J connectivity index is 0.000000405. The largest absolute Gasteiger partial charge is 0.542 e. The van der Waals surface area contributed by atoms with Crippen molar-refractivity contribution >= 4 is 34.0 Å². The third-order valence-electron chi connectivity index (χ3n) is 6.43. The number of diazo groups is 1. The highest BCUT2D eigenvalue weighted by atomic mass is 19.4. The van der Waals surface area contributed by atoms with E-state index in [0.717, 1.165) is 27.6 Å². The van der Waals surface area contributed by atoms with Crippen LogP contribution in [0.5, 0.6) is 0 Å². The molecule has 1 fully saturated rings. The molecule has 6 nitrogen and oxygen atoms in total. The van der Waals surface area contributed by atoms with Gasteiger partial charge in [-0.15, -0.1) is 0 Å². The number of amides is 1. The fourth-order valence-corrected chi connectivity index (χ4v) is 4.63. The molecule has 0 saturated carbocycles. The van der Waals surface area contributed by atoms with E-state index in [0.29, 0.717) is 5.69 Å². The summed E-state index contributed by atoms with van der Waals surface area (Å²) in [6.45, 7) is 2.01. The Labute approximate surface area is 210 Å². The van der Waals surface area contributed by atoms with Gasteiger partial charge in [-0.05, 0) is 53.1 Å². The summed E-state index contributed by atoms with van der Waals surface area (Å²) in [7, 11) is 0. The number of alkyl halides is 3. The number of aliphatic carboxylic acids is 1. The highest BCUT2D eigenvalue weighted by molar-refractivity contribution is 6.11. The number of hydrogen-bond donors (Lipinski definition) is 0. The van der Waals surface area contributed by atoms with Gasteiger partial charge in [-0.1, -0.05) is 60.7 Å². The van der Waals surface area contributed by atoms with Crippen molar-refractivity contribution in [1.29, 1.82) is 5.39 Å². The van der Waals surface area contributed by atoms with Crippen LogP contribution in [0.1, 0.15) is 24.1 Å². The fraction of sp³-hybridized carbons (Fsp3) is 0.143. The van der Waals surface area contributed by atoms with Gasteiger partial charge in [0.25, 0.3) is 0 Å². The maximum atomic E-state index is 13.6. The number of nitrogens with zero attached hydrogens (tertiary/aromatic N) is 3. The molecule has 0 bridgehead atoms. The molecule has 0 radical (unpaired) electrons. The third-order valence-corrected chi connectivity index (χ3v) is 6.43. The average Bonchev–Trinajstić information content (AvgIpc) is 2.91. The van der Waals surface area contributed by atoms with Crippen LogP contribution in [0.2, 0.25) is 0 Å². The van der Waals surface area contributed by atoms with Gasteiger partial charge in [0.05, 0.1) is 11.5 Å². The van der Waals surface area contributed by atoms with Crippen LogP contribution in [0.15, 0.2) is 97.1 Å². The molecule has 186 valence electrons. The highest BCUT2D eigenvalue weighted by Gasteiger charge is 2.59. The molecule has 1 amide bonds. The number of anilines is 1. The molecule has 2 atom stereocenters. The SMILES string of the molecule is C[C@]1(c2ccc([N+]#N)cc2)C(=O)N(c2ccccc2)[C@@H]1c1cccc2ccccc12.O=C([O-])C(F)(F)F. The smallest absolute Gasteiger partial charge is 0.430 e. The van der Waals surface area contributed by atoms with E-state index in [2.05, 4.69) is 35.3 Å². The van der Waals surface area contributed by atoms with Gasteiger partial charge in [0.15, 0.2) is 4.98 Å². The number of rotatable bonds is 3. The molecule has 9 heteroatoms. The van der Waals surface area contributed by atoms with E-state index in [4.69, 9.17) is 15.3 Å². The maximum Gasteiger partial charge on any atom is 0.430 e. The van der Waals surface area contributed by atoms with Crippen LogP contribution in [0.4, 0.5) is 24.5 Å². The second kappa shape index (κ2) is 9.74. The summed E-state index contributed by atoms with van der Waals surface area (Å²) in [6.07, 6.45) is -5.19. The van der Waals surface area contributed by atoms with Gasteiger partial charge in [0.2, 0.25) is 11.3 Å². The van der Waals surface area contributed by atoms with Gasteiger partial charge in [0.1, 0.15) is 5.97 Å². The van der Waals surface area contributed by atoms with E-state index in [1.807, 2.05) is 66.4 Å². The Bertz CT molecular complexity index is 1490. The standard InChI is InChI=1S/C26H20N3O.C2HF3O2/c1-26(19-14-16-20(28-27)17-15-19)24(29(25(26)30)21-10-3-2-4-11-21)23-13-7-9-18-8-5-6-12-22(18)23;3-2(4,5)1(6)7/h2-17,24H,1H3;(H,6,7)/q+1;/p-1/t24-,26-;/m1./s1. The number of hydrogen-bond acceptors (Lipinski definition) is 4. The molecular formula is C28H20F3N3O3. The Morgan fingerprint density at radius 1 is 0.919 bits per heavy atom. The van der Waals surface area contributed by atoms with Crippen molar-refractivity contribution in [2.24, 2.45) is 0 Å². The summed E-state index contributed by atoms with van der Waals surface area (Å²) >= 11 is 0. The zero-order chi connectivity index (χ0) is 26.8. The van der Waals surface area contributed by atoms with Gasteiger partial charge < -0.3 is 14.8 Å². The van der Waals surface area contributed by atoms with Gasteiger partial charge >= 0.3 is 11.9 Å². The van der Waals surface area contributed by atoms with Crippen molar-refractivity contribution in [3.05, 3.63) is 113 Å². The first-order valence-electron chi connectivity index (χ1n) is 11.2. The molecule has 0 aromatic heterocycles. The summed E-state index contributed by atoms with van der Waals surface area (Å²) in [6, 6.07) is 31.4. The molecule has 4 aromatic rings. The molecule has 0 aliphatic carbocycles. The number of carboxylic acids is 1. The van der Waals surface area contributed by atoms with Gasteiger partial charge in [-0.25, -0.2) is 0 Å². The summed E-state index contributed by atoms with van der Waals surface area (Å²) < 4.78 is 31.5. The molecule has 5 rings (SSSR count). The number of para-hydroxylation sites is 1. The van der Waals surface area contributed by atoms with E-state index in [-0.39, 0.29) is 11.9 Å². The molecule has 0 spiro atoms. The van der Waals surface area contributed by atoms with Crippen molar-refractivity contribution in [3.8, 4) is 0 Å².